The average molecular weight is 476 g/mol. The molecule has 34 heavy (non-hydrogen) atoms. The highest BCUT2D eigenvalue weighted by atomic mass is 16.5. The van der Waals surface area contributed by atoms with Gasteiger partial charge in [0.1, 0.15) is 5.69 Å². The maximum Gasteiger partial charge on any atom is 0.355 e. The second-order valence-electron chi connectivity index (χ2n) is 9.56. The number of amides is 2. The lowest BCUT2D eigenvalue weighted by Gasteiger charge is -2.33. The maximum atomic E-state index is 12.9. The molecule has 1 atom stereocenters. The number of nitrogens with one attached hydrogen (secondary N) is 2. The van der Waals surface area contributed by atoms with E-state index in [4.69, 9.17) is 4.74 Å². The molecule has 0 unspecified atom stereocenters. The molecule has 0 radical (unpaired) electrons. The van der Waals surface area contributed by atoms with Crippen molar-refractivity contribution in [3.63, 3.8) is 0 Å². The predicted octanol–water partition coefficient (Wildman–Crippen LogP) is 1.34. The highest BCUT2D eigenvalue weighted by Crippen LogP contribution is 2.22. The van der Waals surface area contributed by atoms with E-state index < -0.39 is 0 Å². The Bertz CT molecular complexity index is 860. The SMILES string of the molecule is CCOC(=O)c1[nH]c(C)c(CCC(=O)N2CCC[C@H](C(=O)NCCN3CCN(C)CC3)C2)c1C. The molecule has 2 N–H and O–H groups in total. The quantitative estimate of drug-likeness (QED) is 0.523. The number of piperazine rings is 1. The van der Waals surface area contributed by atoms with Crippen LogP contribution in [0.2, 0.25) is 0 Å². The van der Waals surface area contributed by atoms with Gasteiger partial charge in [-0.3, -0.25) is 14.5 Å². The van der Waals surface area contributed by atoms with Crippen LogP contribution in [-0.2, 0) is 20.7 Å². The molecule has 2 aliphatic heterocycles. The number of carbonyl (C=O) groups is 3. The van der Waals surface area contributed by atoms with E-state index in [1.54, 1.807) is 6.92 Å². The lowest BCUT2D eigenvalue weighted by Crippen LogP contribution is -2.49. The summed E-state index contributed by atoms with van der Waals surface area (Å²) in [6, 6.07) is 0. The molecule has 0 bridgehead atoms. The zero-order chi connectivity index (χ0) is 24.7. The Morgan fingerprint density at radius 2 is 1.85 bits per heavy atom. The molecule has 2 aliphatic rings. The number of aromatic amines is 1. The van der Waals surface area contributed by atoms with Gasteiger partial charge in [-0.25, -0.2) is 4.79 Å². The summed E-state index contributed by atoms with van der Waals surface area (Å²) in [5, 5.41) is 3.09. The van der Waals surface area contributed by atoms with E-state index in [0.29, 0.717) is 44.8 Å². The minimum atomic E-state index is -0.363. The fourth-order valence-electron chi connectivity index (χ4n) is 4.93. The van der Waals surface area contributed by atoms with Crippen LogP contribution in [-0.4, -0.2) is 103 Å². The fourth-order valence-corrected chi connectivity index (χ4v) is 4.93. The predicted molar refractivity (Wildman–Crippen MR) is 131 cm³/mol. The summed E-state index contributed by atoms with van der Waals surface area (Å²) in [5.41, 5.74) is 3.20. The molecule has 9 heteroatoms. The molecule has 2 fully saturated rings. The van der Waals surface area contributed by atoms with Crippen LogP contribution in [0.15, 0.2) is 0 Å². The van der Waals surface area contributed by atoms with Gasteiger partial charge in [0.25, 0.3) is 0 Å². The third-order valence-electron chi connectivity index (χ3n) is 7.13. The van der Waals surface area contributed by atoms with E-state index in [2.05, 4.69) is 27.1 Å². The number of likely N-dealkylation sites (tertiary alicyclic amines) is 1. The topological polar surface area (TPSA) is 98.0 Å². The van der Waals surface area contributed by atoms with Gasteiger partial charge in [0.2, 0.25) is 11.8 Å². The lowest BCUT2D eigenvalue weighted by molar-refractivity contribution is -0.135. The van der Waals surface area contributed by atoms with Crippen LogP contribution < -0.4 is 5.32 Å². The molecular formula is C25H41N5O4. The minimum Gasteiger partial charge on any atom is -0.461 e. The van der Waals surface area contributed by atoms with Crippen LogP contribution in [0.5, 0.6) is 0 Å². The van der Waals surface area contributed by atoms with Gasteiger partial charge in [0, 0.05) is 64.5 Å². The van der Waals surface area contributed by atoms with E-state index in [9.17, 15) is 14.4 Å². The summed E-state index contributed by atoms with van der Waals surface area (Å²) < 4.78 is 5.11. The number of nitrogens with zero attached hydrogens (tertiary/aromatic N) is 3. The summed E-state index contributed by atoms with van der Waals surface area (Å²) in [7, 11) is 2.14. The Balaban J connectivity index is 1.45. The number of carbonyl (C=O) groups excluding carboxylic acids is 3. The zero-order valence-electron chi connectivity index (χ0n) is 21.2. The third kappa shape index (κ3) is 6.82. The van der Waals surface area contributed by atoms with Crippen molar-refractivity contribution >= 4 is 17.8 Å². The minimum absolute atomic E-state index is 0.0584. The largest absolute Gasteiger partial charge is 0.461 e. The molecule has 0 saturated carbocycles. The van der Waals surface area contributed by atoms with Crippen LogP contribution in [0.25, 0.3) is 0 Å². The fraction of sp³-hybridized carbons (Fsp3) is 0.720. The molecule has 1 aromatic rings. The van der Waals surface area contributed by atoms with Crippen LogP contribution in [0, 0.1) is 19.8 Å². The number of esters is 1. The molecule has 3 heterocycles. The zero-order valence-corrected chi connectivity index (χ0v) is 21.2. The van der Waals surface area contributed by atoms with E-state index in [1.807, 2.05) is 18.7 Å². The van der Waals surface area contributed by atoms with Crippen molar-refractivity contribution < 1.29 is 19.1 Å². The van der Waals surface area contributed by atoms with E-state index in [-0.39, 0.29) is 23.7 Å². The summed E-state index contributed by atoms with van der Waals surface area (Å²) >= 11 is 0. The number of rotatable bonds is 9. The number of likely N-dealkylation sites (N-methyl/N-ethyl adjacent to an activating group) is 1. The van der Waals surface area contributed by atoms with Gasteiger partial charge in [0.05, 0.1) is 12.5 Å². The van der Waals surface area contributed by atoms with E-state index in [1.165, 1.54) is 0 Å². The van der Waals surface area contributed by atoms with Crippen molar-refractivity contribution in [3.8, 4) is 0 Å². The highest BCUT2D eigenvalue weighted by molar-refractivity contribution is 5.90. The first-order valence-corrected chi connectivity index (χ1v) is 12.6. The summed E-state index contributed by atoms with van der Waals surface area (Å²) in [6.07, 6.45) is 2.59. The standard InChI is InChI=1S/C25H41N5O4/c1-5-34-25(33)23-18(2)21(19(3)27-23)8-9-22(31)30-11-6-7-20(17-30)24(32)26-10-12-29-15-13-28(4)14-16-29/h20,27H,5-17H2,1-4H3,(H,26,32)/t20-/m0/s1. The number of aryl methyl sites for hydroxylation is 1. The second-order valence-corrected chi connectivity index (χ2v) is 9.56. The molecule has 9 nitrogen and oxygen atoms in total. The molecule has 3 rings (SSSR count). The van der Waals surface area contributed by atoms with Gasteiger partial charge < -0.3 is 24.8 Å². The maximum absolute atomic E-state index is 12.9. The Kier molecular flexibility index (Phi) is 9.53. The molecular weight excluding hydrogens is 434 g/mol. The Morgan fingerprint density at radius 3 is 2.56 bits per heavy atom. The van der Waals surface area contributed by atoms with Gasteiger partial charge in [-0.2, -0.15) is 0 Å². The summed E-state index contributed by atoms with van der Waals surface area (Å²) in [6.45, 7) is 12.8. The van der Waals surface area contributed by atoms with Gasteiger partial charge in [-0.15, -0.1) is 0 Å². The monoisotopic (exact) mass is 475 g/mol. The first-order valence-electron chi connectivity index (χ1n) is 12.6. The number of hydrogen-bond acceptors (Lipinski definition) is 6. The molecule has 2 amide bonds. The second kappa shape index (κ2) is 12.4. The number of H-pyrrole nitrogens is 1. The van der Waals surface area contributed by atoms with Gasteiger partial charge >= 0.3 is 5.97 Å². The molecule has 190 valence electrons. The smallest absolute Gasteiger partial charge is 0.355 e. The van der Waals surface area contributed by atoms with Crippen molar-refractivity contribution in [1.29, 1.82) is 0 Å². The number of hydrogen-bond donors (Lipinski definition) is 2. The lowest BCUT2D eigenvalue weighted by atomic mass is 9.96. The van der Waals surface area contributed by atoms with Gasteiger partial charge in [-0.05, 0) is 58.2 Å². The van der Waals surface area contributed by atoms with Gasteiger partial charge in [-0.1, -0.05) is 0 Å². The molecule has 0 spiro atoms. The van der Waals surface area contributed by atoms with E-state index in [0.717, 1.165) is 62.4 Å². The number of ether oxygens (including phenoxy) is 1. The summed E-state index contributed by atoms with van der Waals surface area (Å²) in [5.74, 6) is -0.384. The first-order chi connectivity index (χ1) is 16.3. The third-order valence-corrected chi connectivity index (χ3v) is 7.13. The van der Waals surface area contributed by atoms with Crippen LogP contribution >= 0.6 is 0 Å². The highest BCUT2D eigenvalue weighted by Gasteiger charge is 2.28. The van der Waals surface area contributed by atoms with Crippen molar-refractivity contribution in [2.24, 2.45) is 5.92 Å². The average Bonchev–Trinajstić information content (AvgIpc) is 3.12. The molecule has 0 aromatic carbocycles. The van der Waals surface area contributed by atoms with Crippen LogP contribution in [0.1, 0.15) is 53.5 Å². The van der Waals surface area contributed by atoms with Crippen molar-refractivity contribution in [3.05, 3.63) is 22.5 Å². The number of aromatic nitrogens is 1. The molecule has 1 aromatic heterocycles. The van der Waals surface area contributed by atoms with Crippen molar-refractivity contribution in [2.75, 3.05) is 66.0 Å². The first kappa shape index (κ1) is 26.2. The Hall–Kier alpha value is -2.39. The Morgan fingerprint density at radius 1 is 1.12 bits per heavy atom. The molecule has 0 aliphatic carbocycles. The van der Waals surface area contributed by atoms with E-state index >= 15 is 0 Å². The Labute approximate surface area is 203 Å². The normalized spacial score (nSPS) is 19.8. The van der Waals surface area contributed by atoms with Crippen LogP contribution in [0.3, 0.4) is 0 Å². The van der Waals surface area contributed by atoms with Crippen molar-refractivity contribution in [1.82, 2.24) is 25.0 Å². The summed E-state index contributed by atoms with van der Waals surface area (Å²) in [4.78, 5) is 47.4. The van der Waals surface area contributed by atoms with Crippen molar-refractivity contribution in [2.45, 2.75) is 46.5 Å². The van der Waals surface area contributed by atoms with Gasteiger partial charge in [0.15, 0.2) is 0 Å². The number of piperidine rings is 1. The molecule has 2 saturated heterocycles. The van der Waals surface area contributed by atoms with Crippen LogP contribution in [0.4, 0.5) is 0 Å².